The zero-order chi connectivity index (χ0) is 17.5. The van der Waals surface area contributed by atoms with Crippen LogP contribution in [0.15, 0.2) is 41.0 Å². The number of ether oxygens (including phenoxy) is 2. The van der Waals surface area contributed by atoms with Gasteiger partial charge in [0.2, 0.25) is 0 Å². The van der Waals surface area contributed by atoms with Gasteiger partial charge in [0.1, 0.15) is 11.5 Å². The second kappa shape index (κ2) is 8.39. The first kappa shape index (κ1) is 19.6. The van der Waals surface area contributed by atoms with Crippen LogP contribution in [-0.2, 0) is 14.6 Å². The summed E-state index contributed by atoms with van der Waals surface area (Å²) in [5.74, 6) is 1.39. The largest absolute Gasteiger partial charge is 0.497 e. The van der Waals surface area contributed by atoms with Gasteiger partial charge < -0.3 is 9.47 Å². The van der Waals surface area contributed by atoms with Crippen molar-refractivity contribution in [1.29, 1.82) is 0 Å². The fourth-order valence-corrected chi connectivity index (χ4v) is 2.93. The Kier molecular flexibility index (Phi) is 7.13. The predicted octanol–water partition coefficient (Wildman–Crippen LogP) is 4.36. The van der Waals surface area contributed by atoms with E-state index in [9.17, 15) is 8.42 Å². The zero-order valence-electron chi connectivity index (χ0n) is 14.8. The van der Waals surface area contributed by atoms with Gasteiger partial charge in [0.25, 0.3) is 0 Å². The number of rotatable bonds is 9. The summed E-state index contributed by atoms with van der Waals surface area (Å²) >= 11 is 0. The van der Waals surface area contributed by atoms with E-state index in [1.807, 2.05) is 13.8 Å². The van der Waals surface area contributed by atoms with Crippen molar-refractivity contribution >= 4 is 9.84 Å². The van der Waals surface area contributed by atoms with Gasteiger partial charge in [-0.15, -0.1) is 0 Å². The minimum absolute atomic E-state index is 0.282. The van der Waals surface area contributed by atoms with Crippen molar-refractivity contribution in [2.24, 2.45) is 0 Å². The van der Waals surface area contributed by atoms with Gasteiger partial charge in [0.05, 0.1) is 12.0 Å². The third-order valence-electron chi connectivity index (χ3n) is 3.58. The molecule has 130 valence electrons. The quantitative estimate of drug-likeness (QED) is 0.495. The molecule has 4 nitrogen and oxygen atoms in total. The van der Waals surface area contributed by atoms with Crippen LogP contribution < -0.4 is 4.74 Å². The number of hydrogen-bond donors (Lipinski definition) is 0. The molecule has 0 atom stereocenters. The third-order valence-corrected chi connectivity index (χ3v) is 4.70. The average Bonchev–Trinajstić information content (AvgIpc) is 2.46. The molecule has 0 aromatic heterocycles. The van der Waals surface area contributed by atoms with Gasteiger partial charge in [0.15, 0.2) is 15.4 Å². The molecule has 0 radical (unpaired) electrons. The number of hydrogen-bond acceptors (Lipinski definition) is 4. The highest BCUT2D eigenvalue weighted by atomic mass is 32.2. The maximum Gasteiger partial charge on any atom is 0.175 e. The van der Waals surface area contributed by atoms with Crippen LogP contribution >= 0.6 is 0 Å². The minimum atomic E-state index is -3.19. The molecule has 0 aliphatic rings. The topological polar surface area (TPSA) is 52.6 Å². The lowest BCUT2D eigenvalue weighted by atomic mass is 10.0. The summed E-state index contributed by atoms with van der Waals surface area (Å²) in [5.41, 5.74) is -0.617. The Balaban J connectivity index is 2.83. The third kappa shape index (κ3) is 6.26. The number of benzene rings is 1. The molecule has 1 aromatic rings. The first-order valence-corrected chi connectivity index (χ1v) is 9.83. The lowest BCUT2D eigenvalue weighted by Crippen LogP contribution is -2.31. The van der Waals surface area contributed by atoms with E-state index in [0.29, 0.717) is 5.75 Å². The highest BCUT2D eigenvalue weighted by Gasteiger charge is 2.26. The summed E-state index contributed by atoms with van der Waals surface area (Å²) in [5, 5.41) is 0. The van der Waals surface area contributed by atoms with Gasteiger partial charge in [-0.3, -0.25) is 0 Å². The Bertz CT molecular complexity index is 613. The lowest BCUT2D eigenvalue weighted by Gasteiger charge is -2.28. The molecule has 0 saturated heterocycles. The van der Waals surface area contributed by atoms with Crippen LogP contribution in [0.1, 0.15) is 46.5 Å². The minimum Gasteiger partial charge on any atom is -0.497 e. The molecule has 0 N–H and O–H groups in total. The molecule has 0 bridgehead atoms. The molecular weight excluding hydrogens is 312 g/mol. The van der Waals surface area contributed by atoms with Gasteiger partial charge in [-0.1, -0.05) is 19.8 Å². The molecule has 1 rings (SSSR count). The maximum absolute atomic E-state index is 11.5. The predicted molar refractivity (Wildman–Crippen MR) is 93.5 cm³/mol. The molecule has 0 unspecified atom stereocenters. The van der Waals surface area contributed by atoms with E-state index < -0.39 is 15.4 Å². The van der Waals surface area contributed by atoms with Gasteiger partial charge in [-0.05, 0) is 57.0 Å². The van der Waals surface area contributed by atoms with Crippen LogP contribution in [0.25, 0.3) is 0 Å². The Hall–Kier alpha value is -1.49. The van der Waals surface area contributed by atoms with Crippen LogP contribution in [0.3, 0.4) is 0 Å². The van der Waals surface area contributed by atoms with E-state index in [4.69, 9.17) is 9.47 Å². The van der Waals surface area contributed by atoms with E-state index in [1.54, 1.807) is 31.4 Å². The van der Waals surface area contributed by atoms with Crippen LogP contribution in [0.5, 0.6) is 5.75 Å². The summed E-state index contributed by atoms with van der Waals surface area (Å²) in [6.45, 7) is 6.05. The van der Waals surface area contributed by atoms with E-state index in [2.05, 4.69) is 13.0 Å². The second-order valence-corrected chi connectivity index (χ2v) is 8.14. The summed E-state index contributed by atoms with van der Waals surface area (Å²) in [4.78, 5) is 0.282. The SMILES string of the molecule is CCCCC/C=C(\OC)C(C)(C)Oc1ccc(S(C)(=O)=O)cc1. The van der Waals surface area contributed by atoms with Crippen molar-refractivity contribution < 1.29 is 17.9 Å². The van der Waals surface area contributed by atoms with Crippen molar-refractivity contribution in [3.05, 3.63) is 36.1 Å². The van der Waals surface area contributed by atoms with Crippen molar-refractivity contribution in [2.45, 2.75) is 57.0 Å². The maximum atomic E-state index is 11.5. The van der Waals surface area contributed by atoms with Crippen molar-refractivity contribution in [1.82, 2.24) is 0 Å². The van der Waals surface area contributed by atoms with Gasteiger partial charge in [-0.2, -0.15) is 0 Å². The highest BCUT2D eigenvalue weighted by molar-refractivity contribution is 7.90. The fourth-order valence-electron chi connectivity index (χ4n) is 2.30. The smallest absolute Gasteiger partial charge is 0.175 e. The summed E-state index contributed by atoms with van der Waals surface area (Å²) < 4.78 is 34.4. The monoisotopic (exact) mass is 340 g/mol. The molecule has 0 saturated carbocycles. The summed E-state index contributed by atoms with van der Waals surface area (Å²) in [6.07, 6.45) is 7.72. The molecule has 0 fully saturated rings. The molecule has 0 aliphatic carbocycles. The molecular formula is C18H28O4S. The van der Waals surface area contributed by atoms with Gasteiger partial charge in [-0.25, -0.2) is 8.42 Å². The molecule has 0 spiro atoms. The highest BCUT2D eigenvalue weighted by Crippen LogP contribution is 2.27. The van der Waals surface area contributed by atoms with Gasteiger partial charge in [0, 0.05) is 6.26 Å². The van der Waals surface area contributed by atoms with Crippen molar-refractivity contribution in [3.63, 3.8) is 0 Å². The Morgan fingerprint density at radius 3 is 2.26 bits per heavy atom. The van der Waals surface area contributed by atoms with Crippen LogP contribution in [0.2, 0.25) is 0 Å². The molecule has 5 heteroatoms. The number of methoxy groups -OCH3 is 1. The molecule has 0 aliphatic heterocycles. The number of unbranched alkanes of at least 4 members (excludes halogenated alkanes) is 3. The summed E-state index contributed by atoms with van der Waals surface area (Å²) in [7, 11) is -1.55. The normalized spacial score (nSPS) is 13.0. The van der Waals surface area contributed by atoms with E-state index >= 15 is 0 Å². The van der Waals surface area contributed by atoms with E-state index in [1.165, 1.54) is 19.1 Å². The number of allylic oxidation sites excluding steroid dienone is 1. The van der Waals surface area contributed by atoms with Crippen LogP contribution in [-0.4, -0.2) is 27.4 Å². The van der Waals surface area contributed by atoms with Crippen molar-refractivity contribution in [3.8, 4) is 5.75 Å². The van der Waals surface area contributed by atoms with Crippen LogP contribution in [0.4, 0.5) is 0 Å². The van der Waals surface area contributed by atoms with Crippen LogP contribution in [0, 0.1) is 0 Å². The lowest BCUT2D eigenvalue weighted by molar-refractivity contribution is 0.0769. The molecule has 0 heterocycles. The molecule has 1 aromatic carbocycles. The Morgan fingerprint density at radius 1 is 1.17 bits per heavy atom. The number of sulfone groups is 1. The summed E-state index contributed by atoms with van der Waals surface area (Å²) in [6, 6.07) is 6.45. The second-order valence-electron chi connectivity index (χ2n) is 6.12. The first-order valence-electron chi connectivity index (χ1n) is 7.94. The van der Waals surface area contributed by atoms with E-state index in [0.717, 1.165) is 18.6 Å². The zero-order valence-corrected chi connectivity index (χ0v) is 15.6. The molecule has 23 heavy (non-hydrogen) atoms. The molecule has 0 amide bonds. The Morgan fingerprint density at radius 2 is 1.78 bits per heavy atom. The average molecular weight is 340 g/mol. The first-order chi connectivity index (χ1) is 10.7. The van der Waals surface area contributed by atoms with E-state index in [-0.39, 0.29) is 4.90 Å². The van der Waals surface area contributed by atoms with Crippen molar-refractivity contribution in [2.75, 3.05) is 13.4 Å². The Labute approximate surface area is 140 Å². The van der Waals surface area contributed by atoms with Gasteiger partial charge >= 0.3 is 0 Å². The fraction of sp³-hybridized carbons (Fsp3) is 0.556. The standard InChI is InChI=1S/C18H28O4S/c1-6-7-8-9-10-17(21-4)18(2,3)22-15-11-13-16(14-12-15)23(5,19)20/h10-14H,6-9H2,1-5H3/b17-10-.